The summed E-state index contributed by atoms with van der Waals surface area (Å²) >= 11 is 0. The summed E-state index contributed by atoms with van der Waals surface area (Å²) in [5.41, 5.74) is 0.721. The number of hydrogen-bond acceptors (Lipinski definition) is 2. The van der Waals surface area contributed by atoms with Gasteiger partial charge in [-0.1, -0.05) is 0 Å². The van der Waals surface area contributed by atoms with Gasteiger partial charge in [-0.3, -0.25) is 0 Å². The Labute approximate surface area is 104 Å². The molecule has 0 radical (unpaired) electrons. The molecule has 0 aliphatic heterocycles. The van der Waals surface area contributed by atoms with E-state index in [-0.39, 0.29) is 0 Å². The molecule has 1 aromatic heterocycles. The number of furan rings is 1. The summed E-state index contributed by atoms with van der Waals surface area (Å²) in [6, 6.07) is 4.65. The van der Waals surface area contributed by atoms with Crippen LogP contribution in [0.3, 0.4) is 0 Å². The first-order chi connectivity index (χ1) is 8.28. The molecule has 17 heavy (non-hydrogen) atoms. The van der Waals surface area contributed by atoms with E-state index in [1.54, 1.807) is 6.26 Å². The van der Waals surface area contributed by atoms with Gasteiger partial charge in [0.05, 0.1) is 6.26 Å². The van der Waals surface area contributed by atoms with Gasteiger partial charge >= 0.3 is 0 Å². The molecular weight excluding hydrogens is 210 g/mol. The predicted molar refractivity (Wildman–Crippen MR) is 68.9 cm³/mol. The van der Waals surface area contributed by atoms with Crippen molar-refractivity contribution < 1.29 is 4.42 Å². The number of aryl methyl sites for hydroxylation is 1. The maximum absolute atomic E-state index is 5.36. The second kappa shape index (κ2) is 4.49. The lowest BCUT2D eigenvalue weighted by atomic mass is 10.00. The van der Waals surface area contributed by atoms with Crippen molar-refractivity contribution >= 4 is 0 Å². The molecule has 3 rings (SSSR count). The highest BCUT2D eigenvalue weighted by atomic mass is 16.3. The summed E-state index contributed by atoms with van der Waals surface area (Å²) in [4.78, 5) is 0. The third-order valence-corrected chi connectivity index (χ3v) is 4.54. The Kier molecular flexibility index (Phi) is 2.99. The molecule has 0 bridgehead atoms. The minimum Gasteiger partial charge on any atom is -0.469 e. The first kappa shape index (κ1) is 11.3. The van der Waals surface area contributed by atoms with Crippen LogP contribution >= 0.6 is 0 Å². The number of nitrogens with one attached hydrogen (secondary N) is 1. The van der Waals surface area contributed by atoms with E-state index in [1.807, 2.05) is 6.07 Å². The van der Waals surface area contributed by atoms with E-state index in [1.165, 1.54) is 38.6 Å². The van der Waals surface area contributed by atoms with Crippen molar-refractivity contribution in [3.8, 4) is 0 Å². The monoisotopic (exact) mass is 233 g/mol. The molecule has 0 amide bonds. The third-order valence-electron chi connectivity index (χ3n) is 4.54. The molecule has 1 aromatic rings. The SMILES string of the molecule is CC(CCc1ccco1)NCC1(C2CC2)CC1. The zero-order valence-electron chi connectivity index (χ0n) is 10.7. The van der Waals surface area contributed by atoms with Crippen LogP contribution in [0.2, 0.25) is 0 Å². The fraction of sp³-hybridized carbons (Fsp3) is 0.733. The molecule has 1 heterocycles. The Bertz CT molecular complexity index is 349. The summed E-state index contributed by atoms with van der Waals surface area (Å²) in [5.74, 6) is 2.18. The number of hydrogen-bond donors (Lipinski definition) is 1. The molecule has 94 valence electrons. The third kappa shape index (κ3) is 2.74. The van der Waals surface area contributed by atoms with E-state index in [4.69, 9.17) is 4.42 Å². The van der Waals surface area contributed by atoms with Gasteiger partial charge in [-0.15, -0.1) is 0 Å². The van der Waals surface area contributed by atoms with Crippen molar-refractivity contribution in [2.45, 2.75) is 51.5 Å². The summed E-state index contributed by atoms with van der Waals surface area (Å²) < 4.78 is 5.36. The smallest absolute Gasteiger partial charge is 0.103 e. The van der Waals surface area contributed by atoms with Crippen LogP contribution in [0.25, 0.3) is 0 Å². The molecule has 1 N–H and O–H groups in total. The Morgan fingerprint density at radius 1 is 1.47 bits per heavy atom. The van der Waals surface area contributed by atoms with Crippen molar-refractivity contribution in [2.24, 2.45) is 11.3 Å². The summed E-state index contributed by atoms with van der Waals surface area (Å²) in [6.45, 7) is 3.54. The van der Waals surface area contributed by atoms with Gasteiger partial charge in [0, 0.05) is 19.0 Å². The van der Waals surface area contributed by atoms with Gasteiger partial charge in [-0.2, -0.15) is 0 Å². The average molecular weight is 233 g/mol. The van der Waals surface area contributed by atoms with Crippen LogP contribution in [0.5, 0.6) is 0 Å². The molecule has 2 nitrogen and oxygen atoms in total. The van der Waals surface area contributed by atoms with E-state index in [2.05, 4.69) is 18.3 Å². The zero-order chi connectivity index (χ0) is 11.7. The molecular formula is C15H23NO. The average Bonchev–Trinajstić information content (AvgIpc) is 3.23. The van der Waals surface area contributed by atoms with Gasteiger partial charge in [0.25, 0.3) is 0 Å². The van der Waals surface area contributed by atoms with Crippen LogP contribution in [0.1, 0.15) is 44.8 Å². The lowest BCUT2D eigenvalue weighted by molar-refractivity contribution is 0.367. The lowest BCUT2D eigenvalue weighted by Gasteiger charge is -2.19. The molecule has 1 unspecified atom stereocenters. The molecule has 2 aliphatic rings. The maximum atomic E-state index is 5.36. The lowest BCUT2D eigenvalue weighted by Crippen LogP contribution is -2.33. The highest BCUT2D eigenvalue weighted by molar-refractivity contribution is 5.05. The van der Waals surface area contributed by atoms with E-state index in [0.717, 1.165) is 23.5 Å². The van der Waals surface area contributed by atoms with E-state index in [9.17, 15) is 0 Å². The molecule has 0 saturated heterocycles. The Hall–Kier alpha value is -0.760. The van der Waals surface area contributed by atoms with E-state index >= 15 is 0 Å². The Morgan fingerprint density at radius 3 is 2.88 bits per heavy atom. The van der Waals surface area contributed by atoms with Gasteiger partial charge in [-0.25, -0.2) is 0 Å². The Morgan fingerprint density at radius 2 is 2.29 bits per heavy atom. The molecule has 1 atom stereocenters. The zero-order valence-corrected chi connectivity index (χ0v) is 10.7. The summed E-state index contributed by atoms with van der Waals surface area (Å²) in [6.07, 6.45) is 9.90. The van der Waals surface area contributed by atoms with E-state index in [0.29, 0.717) is 6.04 Å². The van der Waals surface area contributed by atoms with Gasteiger partial charge in [0.1, 0.15) is 5.76 Å². The Balaban J connectivity index is 1.37. The van der Waals surface area contributed by atoms with Crippen molar-refractivity contribution in [2.75, 3.05) is 6.54 Å². The van der Waals surface area contributed by atoms with E-state index < -0.39 is 0 Å². The first-order valence-corrected chi connectivity index (χ1v) is 7.04. The highest BCUT2D eigenvalue weighted by Crippen LogP contribution is 2.60. The van der Waals surface area contributed by atoms with Gasteiger partial charge in [-0.05, 0) is 62.5 Å². The van der Waals surface area contributed by atoms with Crippen molar-refractivity contribution in [1.82, 2.24) is 5.32 Å². The molecule has 0 aromatic carbocycles. The minimum atomic E-state index is 0.608. The normalized spacial score (nSPS) is 23.6. The van der Waals surface area contributed by atoms with Crippen molar-refractivity contribution in [1.29, 1.82) is 0 Å². The van der Waals surface area contributed by atoms with Crippen LogP contribution in [-0.4, -0.2) is 12.6 Å². The molecule has 2 heteroatoms. The van der Waals surface area contributed by atoms with Crippen LogP contribution in [0.15, 0.2) is 22.8 Å². The largest absolute Gasteiger partial charge is 0.469 e. The highest BCUT2D eigenvalue weighted by Gasteiger charge is 2.53. The van der Waals surface area contributed by atoms with Crippen LogP contribution in [0.4, 0.5) is 0 Å². The fourth-order valence-corrected chi connectivity index (χ4v) is 2.88. The minimum absolute atomic E-state index is 0.608. The van der Waals surface area contributed by atoms with Crippen LogP contribution in [0, 0.1) is 11.3 Å². The van der Waals surface area contributed by atoms with Gasteiger partial charge in [0.15, 0.2) is 0 Å². The van der Waals surface area contributed by atoms with Crippen molar-refractivity contribution in [3.63, 3.8) is 0 Å². The second-order valence-electron chi connectivity index (χ2n) is 6.04. The molecule has 0 spiro atoms. The number of rotatable bonds is 7. The van der Waals surface area contributed by atoms with Crippen LogP contribution in [-0.2, 0) is 6.42 Å². The quantitative estimate of drug-likeness (QED) is 0.781. The predicted octanol–water partition coefficient (Wildman–Crippen LogP) is 3.38. The molecule has 2 aliphatic carbocycles. The topological polar surface area (TPSA) is 25.2 Å². The standard InChI is InChI=1S/C15H23NO/c1-12(4-7-14-3-2-10-17-14)16-11-15(8-9-15)13-5-6-13/h2-3,10,12-13,16H,4-9,11H2,1H3. The van der Waals surface area contributed by atoms with Gasteiger partial charge < -0.3 is 9.73 Å². The second-order valence-corrected chi connectivity index (χ2v) is 6.04. The van der Waals surface area contributed by atoms with Crippen molar-refractivity contribution in [3.05, 3.63) is 24.2 Å². The van der Waals surface area contributed by atoms with Crippen LogP contribution < -0.4 is 5.32 Å². The summed E-state index contributed by atoms with van der Waals surface area (Å²) in [7, 11) is 0. The fourth-order valence-electron chi connectivity index (χ4n) is 2.88. The molecule has 2 fully saturated rings. The maximum Gasteiger partial charge on any atom is 0.103 e. The summed E-state index contributed by atoms with van der Waals surface area (Å²) in [5, 5.41) is 3.73. The first-order valence-electron chi connectivity index (χ1n) is 7.04. The molecule has 2 saturated carbocycles. The van der Waals surface area contributed by atoms with Gasteiger partial charge in [0.2, 0.25) is 0 Å².